The maximum atomic E-state index is 10.5. The van der Waals surface area contributed by atoms with Gasteiger partial charge in [-0.05, 0) is 43.8 Å². The molecule has 0 saturated heterocycles. The molecule has 1 aliphatic rings. The molecule has 0 aliphatic heterocycles. The summed E-state index contributed by atoms with van der Waals surface area (Å²) in [6.07, 6.45) is 6.23. The van der Waals surface area contributed by atoms with Gasteiger partial charge in [-0.1, -0.05) is 18.9 Å². The number of nitrogens with zero attached hydrogens (tertiary/aromatic N) is 1. The molecule has 0 atom stereocenters. The van der Waals surface area contributed by atoms with Gasteiger partial charge >= 0.3 is 0 Å². The lowest BCUT2D eigenvalue weighted by molar-refractivity contribution is 0.0145. The lowest BCUT2D eigenvalue weighted by Crippen LogP contribution is -2.38. The fourth-order valence-electron chi connectivity index (χ4n) is 3.04. The van der Waals surface area contributed by atoms with Crippen molar-refractivity contribution < 1.29 is 9.84 Å². The van der Waals surface area contributed by atoms with E-state index in [4.69, 9.17) is 4.74 Å². The Morgan fingerprint density at radius 2 is 2.05 bits per heavy atom. The molecule has 1 N–H and O–H groups in total. The molecule has 20 heavy (non-hydrogen) atoms. The van der Waals surface area contributed by atoms with Crippen LogP contribution in [0, 0.1) is 0 Å². The number of ether oxygens (including phenoxy) is 1. The van der Waals surface area contributed by atoms with Crippen LogP contribution in [0.25, 0.3) is 0 Å². The van der Waals surface area contributed by atoms with Gasteiger partial charge in [0.25, 0.3) is 0 Å². The molecule has 1 saturated carbocycles. The predicted molar refractivity (Wildman–Crippen MR) is 84.5 cm³/mol. The van der Waals surface area contributed by atoms with Crippen molar-refractivity contribution in [3.05, 3.63) is 23.8 Å². The van der Waals surface area contributed by atoms with Crippen molar-refractivity contribution in [3.8, 4) is 5.75 Å². The van der Waals surface area contributed by atoms with Crippen LogP contribution in [-0.2, 0) is 6.54 Å². The predicted octanol–water partition coefficient (Wildman–Crippen LogP) is 3.15. The van der Waals surface area contributed by atoms with E-state index in [-0.39, 0.29) is 0 Å². The van der Waals surface area contributed by atoms with Crippen LogP contribution in [0.15, 0.2) is 23.1 Å². The maximum absolute atomic E-state index is 10.5. The molecule has 1 aromatic carbocycles. The van der Waals surface area contributed by atoms with Gasteiger partial charge in [0, 0.05) is 18.0 Å². The van der Waals surface area contributed by atoms with Crippen molar-refractivity contribution in [1.82, 2.24) is 4.90 Å². The normalized spacial score (nSPS) is 17.6. The molecule has 0 bridgehead atoms. The second-order valence-corrected chi connectivity index (χ2v) is 6.64. The van der Waals surface area contributed by atoms with Crippen molar-refractivity contribution in [3.63, 3.8) is 0 Å². The van der Waals surface area contributed by atoms with Gasteiger partial charge in [-0.15, -0.1) is 11.8 Å². The van der Waals surface area contributed by atoms with Crippen LogP contribution in [0.2, 0.25) is 0 Å². The van der Waals surface area contributed by atoms with Gasteiger partial charge in [0.15, 0.2) is 0 Å². The molecule has 4 heteroatoms. The van der Waals surface area contributed by atoms with E-state index >= 15 is 0 Å². The Bertz CT molecular complexity index is 444. The molecule has 0 spiro atoms. The highest BCUT2D eigenvalue weighted by molar-refractivity contribution is 7.98. The summed E-state index contributed by atoms with van der Waals surface area (Å²) in [5.41, 5.74) is 0.752. The monoisotopic (exact) mass is 295 g/mol. The molecule has 0 amide bonds. The largest absolute Gasteiger partial charge is 0.496 e. The van der Waals surface area contributed by atoms with Gasteiger partial charge in [-0.25, -0.2) is 0 Å². The number of hydrogen-bond acceptors (Lipinski definition) is 4. The standard InChI is InChI=1S/C16H25NO2S/c1-17(12-16(18)8-4-5-9-16)11-13-6-7-15(20-3)14(10-13)19-2/h6-7,10,18H,4-5,8-9,11-12H2,1-3H3. The third-order valence-corrected chi connectivity index (χ3v) is 4.78. The van der Waals surface area contributed by atoms with Crippen molar-refractivity contribution in [2.45, 2.75) is 42.7 Å². The van der Waals surface area contributed by atoms with Crippen LogP contribution in [-0.4, -0.2) is 42.6 Å². The summed E-state index contributed by atoms with van der Waals surface area (Å²) in [5.74, 6) is 0.933. The summed E-state index contributed by atoms with van der Waals surface area (Å²) < 4.78 is 5.42. The summed E-state index contributed by atoms with van der Waals surface area (Å²) >= 11 is 1.69. The van der Waals surface area contributed by atoms with Gasteiger partial charge in [0.2, 0.25) is 0 Å². The lowest BCUT2D eigenvalue weighted by Gasteiger charge is -2.28. The Hall–Kier alpha value is -0.710. The lowest BCUT2D eigenvalue weighted by atomic mass is 10.0. The molecule has 112 valence electrons. The summed E-state index contributed by atoms with van der Waals surface area (Å²) in [6, 6.07) is 6.35. The molecule has 0 aromatic heterocycles. The minimum absolute atomic E-state index is 0.474. The average Bonchev–Trinajstić information content (AvgIpc) is 2.84. The van der Waals surface area contributed by atoms with Crippen molar-refractivity contribution >= 4 is 11.8 Å². The van der Waals surface area contributed by atoms with E-state index in [0.717, 1.165) is 49.4 Å². The second-order valence-electron chi connectivity index (χ2n) is 5.79. The van der Waals surface area contributed by atoms with Gasteiger partial charge in [0.1, 0.15) is 5.75 Å². The number of methoxy groups -OCH3 is 1. The number of rotatable bonds is 6. The summed E-state index contributed by atoms with van der Waals surface area (Å²) in [4.78, 5) is 3.37. The van der Waals surface area contributed by atoms with Crippen LogP contribution in [0.5, 0.6) is 5.75 Å². The summed E-state index contributed by atoms with van der Waals surface area (Å²) in [6.45, 7) is 1.59. The Labute approximate surface area is 126 Å². The molecule has 0 radical (unpaired) electrons. The van der Waals surface area contributed by atoms with E-state index in [1.165, 1.54) is 5.56 Å². The molecule has 0 heterocycles. The molecule has 0 unspecified atom stereocenters. The highest BCUT2D eigenvalue weighted by Gasteiger charge is 2.32. The van der Waals surface area contributed by atoms with Gasteiger partial charge in [-0.3, -0.25) is 4.90 Å². The smallest absolute Gasteiger partial charge is 0.132 e. The van der Waals surface area contributed by atoms with Gasteiger partial charge < -0.3 is 9.84 Å². The summed E-state index contributed by atoms with van der Waals surface area (Å²) in [7, 11) is 3.79. The molecule has 1 aliphatic carbocycles. The molecule has 1 fully saturated rings. The van der Waals surface area contributed by atoms with Crippen molar-refractivity contribution in [1.29, 1.82) is 0 Å². The minimum Gasteiger partial charge on any atom is -0.496 e. The Morgan fingerprint density at radius 1 is 1.35 bits per heavy atom. The quantitative estimate of drug-likeness (QED) is 0.817. The van der Waals surface area contributed by atoms with Crippen LogP contribution < -0.4 is 4.74 Å². The molecular formula is C16H25NO2S. The van der Waals surface area contributed by atoms with Crippen LogP contribution >= 0.6 is 11.8 Å². The maximum Gasteiger partial charge on any atom is 0.132 e. The van der Waals surface area contributed by atoms with E-state index in [1.807, 2.05) is 0 Å². The van der Waals surface area contributed by atoms with Crippen molar-refractivity contribution in [2.75, 3.05) is 27.0 Å². The van der Waals surface area contributed by atoms with E-state index in [1.54, 1.807) is 18.9 Å². The first-order valence-electron chi connectivity index (χ1n) is 7.18. The third kappa shape index (κ3) is 3.90. The van der Waals surface area contributed by atoms with E-state index in [0.29, 0.717) is 0 Å². The first-order valence-corrected chi connectivity index (χ1v) is 8.41. The first-order chi connectivity index (χ1) is 9.56. The highest BCUT2D eigenvalue weighted by Crippen LogP contribution is 2.31. The number of benzene rings is 1. The van der Waals surface area contributed by atoms with E-state index < -0.39 is 5.60 Å². The van der Waals surface area contributed by atoms with E-state index in [9.17, 15) is 5.11 Å². The number of likely N-dealkylation sites (N-methyl/N-ethyl adjacent to an activating group) is 1. The second kappa shape index (κ2) is 6.83. The average molecular weight is 295 g/mol. The zero-order valence-electron chi connectivity index (χ0n) is 12.7. The minimum atomic E-state index is -0.474. The molecule has 3 nitrogen and oxygen atoms in total. The van der Waals surface area contributed by atoms with Crippen molar-refractivity contribution in [2.24, 2.45) is 0 Å². The molecule has 1 aromatic rings. The number of hydrogen-bond donors (Lipinski definition) is 1. The SMILES string of the molecule is COc1cc(CN(C)CC2(O)CCCC2)ccc1SC. The molecular weight excluding hydrogens is 270 g/mol. The Morgan fingerprint density at radius 3 is 2.65 bits per heavy atom. The van der Waals surface area contributed by atoms with Gasteiger partial charge in [0.05, 0.1) is 12.7 Å². The Balaban J connectivity index is 1.98. The van der Waals surface area contributed by atoms with E-state index in [2.05, 4.69) is 36.4 Å². The highest BCUT2D eigenvalue weighted by atomic mass is 32.2. The van der Waals surface area contributed by atoms with Crippen LogP contribution in [0.4, 0.5) is 0 Å². The van der Waals surface area contributed by atoms with Crippen LogP contribution in [0.1, 0.15) is 31.2 Å². The number of thioether (sulfide) groups is 1. The topological polar surface area (TPSA) is 32.7 Å². The fourth-order valence-corrected chi connectivity index (χ4v) is 3.59. The zero-order chi connectivity index (χ0) is 14.6. The summed E-state index contributed by atoms with van der Waals surface area (Å²) in [5, 5.41) is 10.5. The Kier molecular flexibility index (Phi) is 5.35. The zero-order valence-corrected chi connectivity index (χ0v) is 13.5. The fraction of sp³-hybridized carbons (Fsp3) is 0.625. The van der Waals surface area contributed by atoms with Gasteiger partial charge in [-0.2, -0.15) is 0 Å². The first kappa shape index (κ1) is 15.7. The molecule has 2 rings (SSSR count). The van der Waals surface area contributed by atoms with Crippen LogP contribution in [0.3, 0.4) is 0 Å². The third-order valence-electron chi connectivity index (χ3n) is 4.00. The number of aliphatic hydroxyl groups is 1.